The first-order chi connectivity index (χ1) is 13.8. The van der Waals surface area contributed by atoms with E-state index in [9.17, 15) is 13.2 Å². The summed E-state index contributed by atoms with van der Waals surface area (Å²) in [5.41, 5.74) is 3.15. The minimum absolute atomic E-state index is 0.0272. The van der Waals surface area contributed by atoms with Gasteiger partial charge in [-0.3, -0.25) is 14.5 Å². The maximum Gasteiger partial charge on any atom is 0.263 e. The largest absolute Gasteiger partial charge is 0.299 e. The van der Waals surface area contributed by atoms with E-state index < -0.39 is 10.0 Å². The van der Waals surface area contributed by atoms with E-state index in [-0.39, 0.29) is 15.7 Å². The molecule has 0 radical (unpaired) electrons. The fourth-order valence-electron chi connectivity index (χ4n) is 2.87. The highest BCUT2D eigenvalue weighted by Gasteiger charge is 2.18. The van der Waals surface area contributed by atoms with E-state index in [0.29, 0.717) is 24.9 Å². The maximum absolute atomic E-state index is 12.6. The molecule has 0 aliphatic rings. The second-order valence-electron chi connectivity index (χ2n) is 6.81. The Morgan fingerprint density at radius 3 is 2.48 bits per heavy atom. The molecule has 0 aliphatic heterocycles. The average molecular weight is 429 g/mol. The van der Waals surface area contributed by atoms with Gasteiger partial charge in [-0.15, -0.1) is 0 Å². The molecular weight excluding hydrogens is 408 g/mol. The van der Waals surface area contributed by atoms with E-state index in [1.54, 1.807) is 48.8 Å². The van der Waals surface area contributed by atoms with Crippen LogP contribution in [0.15, 0.2) is 71.9 Å². The Bertz CT molecular complexity index is 1100. The van der Waals surface area contributed by atoms with Crippen molar-refractivity contribution in [2.45, 2.75) is 31.1 Å². The second-order valence-corrected chi connectivity index (χ2v) is 8.87. The summed E-state index contributed by atoms with van der Waals surface area (Å²) in [6, 6.07) is 15.4. The third-order valence-corrected chi connectivity index (χ3v) is 6.26. The van der Waals surface area contributed by atoms with E-state index in [2.05, 4.69) is 9.71 Å². The van der Waals surface area contributed by atoms with Gasteiger partial charge < -0.3 is 0 Å². The number of pyridine rings is 1. The van der Waals surface area contributed by atoms with Crippen LogP contribution in [0.5, 0.6) is 0 Å². The smallest absolute Gasteiger partial charge is 0.263 e. The van der Waals surface area contributed by atoms with Crippen LogP contribution in [0.25, 0.3) is 0 Å². The van der Waals surface area contributed by atoms with Crippen molar-refractivity contribution in [1.82, 2.24) is 4.98 Å². The molecule has 1 N–H and O–H groups in total. The molecular formula is C22H21ClN2O3S. The molecule has 150 valence electrons. The number of aromatic nitrogens is 1. The molecule has 1 aromatic heterocycles. The van der Waals surface area contributed by atoms with Crippen molar-refractivity contribution in [2.24, 2.45) is 0 Å². The number of ketones is 1. The summed E-state index contributed by atoms with van der Waals surface area (Å²) in [7, 11) is -3.79. The molecule has 0 aliphatic carbocycles. The van der Waals surface area contributed by atoms with Crippen molar-refractivity contribution < 1.29 is 13.2 Å². The molecule has 5 nitrogen and oxygen atoms in total. The minimum atomic E-state index is -3.79. The Kier molecular flexibility index (Phi) is 6.67. The van der Waals surface area contributed by atoms with E-state index in [4.69, 9.17) is 11.6 Å². The molecule has 0 fully saturated rings. The summed E-state index contributed by atoms with van der Waals surface area (Å²) in [5, 5.41) is 0.174. The monoisotopic (exact) mass is 428 g/mol. The van der Waals surface area contributed by atoms with Crippen LogP contribution in [0.3, 0.4) is 0 Å². The SMILES string of the molecule is Cc1ccc(S(=O)(=O)Nc2ccc(CC(=O)CCc3cccnc3)cc2)c(Cl)c1. The van der Waals surface area contributed by atoms with Gasteiger partial charge in [-0.2, -0.15) is 0 Å². The molecule has 3 rings (SSSR count). The third-order valence-electron chi connectivity index (χ3n) is 4.40. The molecule has 0 atom stereocenters. The average Bonchev–Trinajstić information content (AvgIpc) is 2.68. The summed E-state index contributed by atoms with van der Waals surface area (Å²) in [6.45, 7) is 1.84. The van der Waals surface area contributed by atoms with Crippen LogP contribution >= 0.6 is 11.6 Å². The lowest BCUT2D eigenvalue weighted by Crippen LogP contribution is -2.13. The van der Waals surface area contributed by atoms with Crippen LogP contribution in [0.2, 0.25) is 5.02 Å². The first-order valence-electron chi connectivity index (χ1n) is 9.12. The van der Waals surface area contributed by atoms with Crippen LogP contribution in [0.1, 0.15) is 23.1 Å². The number of carbonyl (C=O) groups excluding carboxylic acids is 1. The van der Waals surface area contributed by atoms with Gasteiger partial charge in [0, 0.05) is 30.9 Å². The molecule has 7 heteroatoms. The maximum atomic E-state index is 12.6. The lowest BCUT2D eigenvalue weighted by atomic mass is 10.0. The molecule has 0 saturated carbocycles. The fraction of sp³-hybridized carbons (Fsp3) is 0.182. The number of rotatable bonds is 8. The van der Waals surface area contributed by atoms with Crippen LogP contribution in [-0.4, -0.2) is 19.2 Å². The quantitative estimate of drug-likeness (QED) is 0.569. The van der Waals surface area contributed by atoms with Crippen LogP contribution in [-0.2, 0) is 27.7 Å². The summed E-state index contributed by atoms with van der Waals surface area (Å²) in [6.07, 6.45) is 4.85. The first-order valence-corrected chi connectivity index (χ1v) is 11.0. The number of aryl methyl sites for hydroxylation is 2. The van der Waals surface area contributed by atoms with Gasteiger partial charge in [0.1, 0.15) is 10.7 Å². The second kappa shape index (κ2) is 9.20. The molecule has 0 saturated heterocycles. The standard InChI is InChI=1S/C22H21ClN2O3S/c1-16-4-11-22(21(23)13-16)29(27,28)25-19-8-5-17(6-9-19)14-20(26)10-7-18-3-2-12-24-15-18/h2-6,8-9,11-13,15,25H,7,10,14H2,1H3. The zero-order valence-electron chi connectivity index (χ0n) is 15.9. The number of nitrogens with zero attached hydrogens (tertiary/aromatic N) is 1. The van der Waals surface area contributed by atoms with Crippen LogP contribution < -0.4 is 4.72 Å². The zero-order chi connectivity index (χ0) is 20.9. The first kappa shape index (κ1) is 21.0. The number of hydrogen-bond donors (Lipinski definition) is 1. The van der Waals surface area contributed by atoms with E-state index in [1.807, 2.05) is 19.1 Å². The minimum Gasteiger partial charge on any atom is -0.299 e. The van der Waals surface area contributed by atoms with Crippen molar-refractivity contribution >= 4 is 33.1 Å². The number of carbonyl (C=O) groups is 1. The van der Waals surface area contributed by atoms with Crippen molar-refractivity contribution in [3.63, 3.8) is 0 Å². The topological polar surface area (TPSA) is 76.1 Å². The van der Waals surface area contributed by atoms with Gasteiger partial charge in [0.2, 0.25) is 0 Å². The van der Waals surface area contributed by atoms with Gasteiger partial charge in [-0.05, 0) is 60.4 Å². The summed E-state index contributed by atoms with van der Waals surface area (Å²) in [4.78, 5) is 16.3. The summed E-state index contributed by atoms with van der Waals surface area (Å²) >= 11 is 6.08. The normalized spacial score (nSPS) is 11.2. The number of Topliss-reactive ketones (excluding diaryl/α,β-unsaturated/α-hetero) is 1. The predicted molar refractivity (Wildman–Crippen MR) is 115 cm³/mol. The van der Waals surface area contributed by atoms with Gasteiger partial charge in [0.15, 0.2) is 0 Å². The Labute approximate surface area is 175 Å². The van der Waals surface area contributed by atoms with E-state index in [0.717, 1.165) is 16.7 Å². The number of hydrogen-bond acceptors (Lipinski definition) is 4. The Morgan fingerprint density at radius 1 is 1.07 bits per heavy atom. The highest BCUT2D eigenvalue weighted by molar-refractivity contribution is 7.92. The third kappa shape index (κ3) is 5.89. The lowest BCUT2D eigenvalue weighted by molar-refractivity contribution is -0.118. The van der Waals surface area contributed by atoms with Gasteiger partial charge in [-0.1, -0.05) is 35.9 Å². The van der Waals surface area contributed by atoms with Gasteiger partial charge in [0.05, 0.1) is 5.02 Å². The number of benzene rings is 2. The van der Waals surface area contributed by atoms with Crippen LogP contribution in [0, 0.1) is 6.92 Å². The molecule has 0 spiro atoms. The lowest BCUT2D eigenvalue weighted by Gasteiger charge is -2.10. The summed E-state index contributed by atoms with van der Waals surface area (Å²) in [5.74, 6) is 0.119. The molecule has 3 aromatic rings. The van der Waals surface area contributed by atoms with Gasteiger partial charge >= 0.3 is 0 Å². The number of sulfonamides is 1. The Hall–Kier alpha value is -2.70. The molecule has 2 aromatic carbocycles. The summed E-state index contributed by atoms with van der Waals surface area (Å²) < 4.78 is 27.6. The predicted octanol–water partition coefficient (Wildman–Crippen LogP) is 4.59. The number of halogens is 1. The van der Waals surface area contributed by atoms with Crippen molar-refractivity contribution in [2.75, 3.05) is 4.72 Å². The molecule has 1 heterocycles. The molecule has 0 amide bonds. The molecule has 0 bridgehead atoms. The van der Waals surface area contributed by atoms with Crippen LogP contribution in [0.4, 0.5) is 5.69 Å². The van der Waals surface area contributed by atoms with E-state index >= 15 is 0 Å². The fourth-order valence-corrected chi connectivity index (χ4v) is 4.53. The van der Waals surface area contributed by atoms with Crippen molar-refractivity contribution in [1.29, 1.82) is 0 Å². The number of anilines is 1. The molecule has 29 heavy (non-hydrogen) atoms. The number of nitrogens with one attached hydrogen (secondary N) is 1. The Morgan fingerprint density at radius 2 is 1.83 bits per heavy atom. The van der Waals surface area contributed by atoms with Crippen molar-refractivity contribution in [3.05, 3.63) is 88.7 Å². The zero-order valence-corrected chi connectivity index (χ0v) is 17.5. The molecule has 0 unspecified atom stereocenters. The van der Waals surface area contributed by atoms with E-state index in [1.165, 1.54) is 6.07 Å². The highest BCUT2D eigenvalue weighted by atomic mass is 35.5. The van der Waals surface area contributed by atoms with Gasteiger partial charge in [0.25, 0.3) is 10.0 Å². The highest BCUT2D eigenvalue weighted by Crippen LogP contribution is 2.25. The Balaban J connectivity index is 1.60. The van der Waals surface area contributed by atoms with Crippen molar-refractivity contribution in [3.8, 4) is 0 Å². The van der Waals surface area contributed by atoms with Gasteiger partial charge in [-0.25, -0.2) is 8.42 Å².